The van der Waals surface area contributed by atoms with E-state index in [4.69, 9.17) is 15.6 Å². The molecule has 0 unspecified atom stereocenters. The van der Waals surface area contributed by atoms with E-state index in [9.17, 15) is 0 Å². The van der Waals surface area contributed by atoms with E-state index in [1.54, 1.807) is 13.8 Å². The Balaban J connectivity index is 2.92. The van der Waals surface area contributed by atoms with Crippen LogP contribution >= 0.6 is 0 Å². The number of rotatable bonds is 3. The average Bonchev–Trinajstić information content (AvgIpc) is 2.09. The highest BCUT2D eigenvalue weighted by molar-refractivity contribution is 5.44. The molecule has 1 aromatic heterocycles. The number of nitrogen functional groups attached to an aromatic ring is 1. The van der Waals surface area contributed by atoms with Crippen LogP contribution in [-0.2, 0) is 0 Å². The third-order valence-electron chi connectivity index (χ3n) is 1.58. The lowest BCUT2D eigenvalue weighted by Gasteiger charge is -2.08. The lowest BCUT2D eigenvalue weighted by molar-refractivity contribution is 0.195. The molecule has 0 saturated heterocycles. The van der Waals surface area contributed by atoms with Gasteiger partial charge >= 0.3 is 0 Å². The number of aliphatic hydroxyl groups is 1. The third-order valence-corrected chi connectivity index (χ3v) is 1.58. The second-order valence-corrected chi connectivity index (χ2v) is 2.66. The van der Waals surface area contributed by atoms with Gasteiger partial charge in [0.2, 0.25) is 5.88 Å². The van der Waals surface area contributed by atoms with Crippen molar-refractivity contribution in [3.8, 4) is 5.88 Å². The van der Waals surface area contributed by atoms with E-state index in [2.05, 4.69) is 9.97 Å². The van der Waals surface area contributed by atoms with Gasteiger partial charge in [-0.1, -0.05) is 0 Å². The van der Waals surface area contributed by atoms with E-state index >= 15 is 0 Å². The number of aliphatic hydroxyl groups excluding tert-OH is 1. The molecule has 0 saturated carbocycles. The van der Waals surface area contributed by atoms with E-state index in [-0.39, 0.29) is 13.2 Å². The highest BCUT2D eigenvalue weighted by atomic mass is 16.5. The third kappa shape index (κ3) is 2.29. The Morgan fingerprint density at radius 3 is 2.69 bits per heavy atom. The average molecular weight is 183 g/mol. The summed E-state index contributed by atoms with van der Waals surface area (Å²) >= 11 is 0. The van der Waals surface area contributed by atoms with Crippen molar-refractivity contribution in [2.75, 3.05) is 18.9 Å². The quantitative estimate of drug-likeness (QED) is 0.691. The summed E-state index contributed by atoms with van der Waals surface area (Å²) in [6, 6.07) is 0. The summed E-state index contributed by atoms with van der Waals surface area (Å²) in [5.41, 5.74) is 6.31. The largest absolute Gasteiger partial charge is 0.475 e. The predicted octanol–water partition coefficient (Wildman–Crippen LogP) is 0.0467. The zero-order valence-electron chi connectivity index (χ0n) is 7.74. The molecule has 3 N–H and O–H groups in total. The van der Waals surface area contributed by atoms with Crippen LogP contribution in [0.5, 0.6) is 5.88 Å². The minimum absolute atomic E-state index is 0.0393. The van der Waals surface area contributed by atoms with Gasteiger partial charge in [0, 0.05) is 0 Å². The van der Waals surface area contributed by atoms with E-state index in [1.807, 2.05) is 0 Å². The molecule has 1 rings (SSSR count). The highest BCUT2D eigenvalue weighted by Gasteiger charge is 2.06. The fourth-order valence-corrected chi connectivity index (χ4v) is 0.906. The van der Waals surface area contributed by atoms with Crippen LogP contribution < -0.4 is 10.5 Å². The number of nitrogens with two attached hydrogens (primary N) is 1. The van der Waals surface area contributed by atoms with Crippen LogP contribution in [0.4, 0.5) is 5.82 Å². The van der Waals surface area contributed by atoms with Crippen LogP contribution in [0.25, 0.3) is 0 Å². The topological polar surface area (TPSA) is 81.3 Å². The first-order valence-corrected chi connectivity index (χ1v) is 3.99. The minimum Gasteiger partial charge on any atom is -0.475 e. The first kappa shape index (κ1) is 9.73. The summed E-state index contributed by atoms with van der Waals surface area (Å²) in [4.78, 5) is 8.01. The Morgan fingerprint density at radius 1 is 1.38 bits per heavy atom. The first-order valence-electron chi connectivity index (χ1n) is 3.99. The molecule has 5 nitrogen and oxygen atoms in total. The van der Waals surface area contributed by atoms with Crippen molar-refractivity contribution in [3.63, 3.8) is 0 Å². The molecular formula is C8H13N3O2. The summed E-state index contributed by atoms with van der Waals surface area (Å²) in [5.74, 6) is 1.43. The lowest BCUT2D eigenvalue weighted by Crippen LogP contribution is -2.08. The normalized spacial score (nSPS) is 10.1. The van der Waals surface area contributed by atoms with Crippen molar-refractivity contribution < 1.29 is 9.84 Å². The standard InChI is InChI=1S/C8H13N3O2/c1-5-7(9)10-6(2)11-8(5)13-4-3-12/h12H,3-4H2,1-2H3,(H2,9,10,11). The summed E-state index contributed by atoms with van der Waals surface area (Å²) in [6.07, 6.45) is 0. The van der Waals surface area contributed by atoms with Gasteiger partial charge in [-0.3, -0.25) is 0 Å². The molecular weight excluding hydrogens is 170 g/mol. The lowest BCUT2D eigenvalue weighted by atomic mass is 10.3. The maximum atomic E-state index is 8.56. The molecule has 1 heterocycles. The number of aryl methyl sites for hydroxylation is 1. The number of anilines is 1. The van der Waals surface area contributed by atoms with Crippen molar-refractivity contribution in [2.45, 2.75) is 13.8 Å². The Kier molecular flexibility index (Phi) is 3.02. The molecule has 0 amide bonds. The summed E-state index contributed by atoms with van der Waals surface area (Å²) < 4.78 is 5.17. The smallest absolute Gasteiger partial charge is 0.221 e. The molecule has 0 radical (unpaired) electrons. The molecule has 0 aromatic carbocycles. The van der Waals surface area contributed by atoms with Crippen molar-refractivity contribution in [1.29, 1.82) is 0 Å². The molecule has 0 fully saturated rings. The SMILES string of the molecule is Cc1nc(N)c(C)c(OCCO)n1. The molecule has 0 atom stereocenters. The molecule has 0 aliphatic rings. The highest BCUT2D eigenvalue weighted by Crippen LogP contribution is 2.18. The summed E-state index contributed by atoms with van der Waals surface area (Å²) in [6.45, 7) is 3.70. The zero-order valence-corrected chi connectivity index (χ0v) is 7.74. The maximum Gasteiger partial charge on any atom is 0.221 e. The van der Waals surface area contributed by atoms with Gasteiger partial charge < -0.3 is 15.6 Å². The Labute approximate surface area is 76.6 Å². The van der Waals surface area contributed by atoms with Crippen molar-refractivity contribution in [2.24, 2.45) is 0 Å². The monoisotopic (exact) mass is 183 g/mol. The van der Waals surface area contributed by atoms with Gasteiger partial charge in [0.25, 0.3) is 0 Å². The first-order chi connectivity index (χ1) is 6.15. The van der Waals surface area contributed by atoms with Crippen molar-refractivity contribution in [3.05, 3.63) is 11.4 Å². The van der Waals surface area contributed by atoms with Gasteiger partial charge in [-0.25, -0.2) is 4.98 Å². The van der Waals surface area contributed by atoms with Crippen LogP contribution in [0, 0.1) is 13.8 Å². The van der Waals surface area contributed by atoms with Gasteiger partial charge in [-0.2, -0.15) is 4.98 Å². The molecule has 5 heteroatoms. The van der Waals surface area contributed by atoms with Gasteiger partial charge in [0.05, 0.1) is 12.2 Å². The van der Waals surface area contributed by atoms with Gasteiger partial charge in [0.15, 0.2) is 0 Å². The number of nitrogens with zero attached hydrogens (tertiary/aromatic N) is 2. The molecule has 0 bridgehead atoms. The fourth-order valence-electron chi connectivity index (χ4n) is 0.906. The van der Waals surface area contributed by atoms with Crippen LogP contribution in [0.15, 0.2) is 0 Å². The number of hydrogen-bond acceptors (Lipinski definition) is 5. The van der Waals surface area contributed by atoms with Crippen LogP contribution in [0.1, 0.15) is 11.4 Å². The van der Waals surface area contributed by atoms with Gasteiger partial charge in [-0.15, -0.1) is 0 Å². The van der Waals surface area contributed by atoms with Crippen molar-refractivity contribution >= 4 is 5.82 Å². The van der Waals surface area contributed by atoms with Gasteiger partial charge in [0.1, 0.15) is 18.2 Å². The van der Waals surface area contributed by atoms with E-state index in [1.165, 1.54) is 0 Å². The number of aromatic nitrogens is 2. The Hall–Kier alpha value is -1.36. The van der Waals surface area contributed by atoms with E-state index in [0.29, 0.717) is 23.1 Å². The Bertz CT molecular complexity index is 302. The van der Waals surface area contributed by atoms with E-state index < -0.39 is 0 Å². The Morgan fingerprint density at radius 2 is 2.08 bits per heavy atom. The van der Waals surface area contributed by atoms with Crippen molar-refractivity contribution in [1.82, 2.24) is 9.97 Å². The fraction of sp³-hybridized carbons (Fsp3) is 0.500. The molecule has 13 heavy (non-hydrogen) atoms. The van der Waals surface area contributed by atoms with Gasteiger partial charge in [-0.05, 0) is 13.8 Å². The maximum absolute atomic E-state index is 8.56. The number of hydrogen-bond donors (Lipinski definition) is 2. The predicted molar refractivity (Wildman–Crippen MR) is 48.5 cm³/mol. The van der Waals surface area contributed by atoms with Crippen LogP contribution in [0.2, 0.25) is 0 Å². The minimum atomic E-state index is -0.0393. The summed E-state index contributed by atoms with van der Waals surface area (Å²) in [5, 5.41) is 8.56. The van der Waals surface area contributed by atoms with E-state index in [0.717, 1.165) is 0 Å². The van der Waals surface area contributed by atoms with Crippen LogP contribution in [-0.4, -0.2) is 28.3 Å². The molecule has 72 valence electrons. The number of ether oxygens (including phenoxy) is 1. The molecule has 1 aromatic rings. The molecule has 0 aliphatic carbocycles. The molecule has 0 aliphatic heterocycles. The second kappa shape index (κ2) is 4.04. The zero-order chi connectivity index (χ0) is 9.84. The summed E-state index contributed by atoms with van der Waals surface area (Å²) in [7, 11) is 0. The molecule has 0 spiro atoms. The van der Waals surface area contributed by atoms with Crippen LogP contribution in [0.3, 0.4) is 0 Å². The second-order valence-electron chi connectivity index (χ2n) is 2.66.